The minimum absolute atomic E-state index is 0.315. The number of benzene rings is 1. The van der Waals surface area contributed by atoms with Gasteiger partial charge in [0.05, 0.1) is 5.56 Å². The van der Waals surface area contributed by atoms with Crippen molar-refractivity contribution in [1.82, 2.24) is 0 Å². The maximum absolute atomic E-state index is 11.5. The molecule has 0 amide bonds. The molecule has 4 aromatic heterocycles. The van der Waals surface area contributed by atoms with Gasteiger partial charge in [-0.1, -0.05) is 6.58 Å². The molecule has 0 aliphatic rings. The molecule has 4 rings (SSSR count). The highest BCUT2D eigenvalue weighted by atomic mass is 16.5. The molecule has 0 aromatic carbocycles. The normalized spacial score (nSPS) is 13.4. The molecule has 4 bridgehead atoms. The van der Waals surface area contributed by atoms with Crippen LogP contribution < -0.4 is 5.63 Å². The Morgan fingerprint density at radius 1 is 1.39 bits per heavy atom. The lowest BCUT2D eigenvalue weighted by Crippen LogP contribution is -2.11. The standard InChI is InChI=1S/C13H10O5/c1-5(2)12(14)16-6(3)9-10-7-4-8(17-10)11(9)18-13(7)15/h4,6H,1H2,2-3H3. The van der Waals surface area contributed by atoms with Crippen LogP contribution in [0.2, 0.25) is 0 Å². The summed E-state index contributed by atoms with van der Waals surface area (Å²) < 4.78 is 15.7. The molecular weight excluding hydrogens is 236 g/mol. The number of furan rings is 2. The second-order valence-electron chi connectivity index (χ2n) is 4.31. The average molecular weight is 246 g/mol. The first-order valence-corrected chi connectivity index (χ1v) is 5.46. The van der Waals surface area contributed by atoms with Gasteiger partial charge in [0.2, 0.25) is 0 Å². The highest BCUT2D eigenvalue weighted by molar-refractivity contribution is 6.00. The van der Waals surface area contributed by atoms with E-state index >= 15 is 0 Å². The first kappa shape index (κ1) is 10.8. The first-order valence-electron chi connectivity index (χ1n) is 5.46. The van der Waals surface area contributed by atoms with Gasteiger partial charge in [-0.15, -0.1) is 0 Å². The Balaban J connectivity index is 2.05. The van der Waals surface area contributed by atoms with Crippen LogP contribution in [0, 0.1) is 0 Å². The van der Waals surface area contributed by atoms with Crippen LogP contribution in [0.1, 0.15) is 25.5 Å². The van der Waals surface area contributed by atoms with Gasteiger partial charge in [0.1, 0.15) is 11.5 Å². The Labute approximate surface area is 101 Å². The van der Waals surface area contributed by atoms with E-state index < -0.39 is 17.7 Å². The molecular formula is C13H10O5. The lowest BCUT2D eigenvalue weighted by atomic mass is 10.1. The summed E-state index contributed by atoms with van der Waals surface area (Å²) in [6.45, 7) is 6.78. The number of hydrogen-bond acceptors (Lipinski definition) is 5. The minimum atomic E-state index is -0.548. The molecule has 5 nitrogen and oxygen atoms in total. The van der Waals surface area contributed by atoms with E-state index in [-0.39, 0.29) is 0 Å². The van der Waals surface area contributed by atoms with Crippen LogP contribution in [0.15, 0.2) is 31.8 Å². The number of rotatable bonds is 3. The van der Waals surface area contributed by atoms with Crippen LogP contribution in [-0.2, 0) is 9.53 Å². The number of ether oxygens (including phenoxy) is 1. The van der Waals surface area contributed by atoms with E-state index in [0.29, 0.717) is 33.3 Å². The van der Waals surface area contributed by atoms with Crippen molar-refractivity contribution in [3.05, 3.63) is 34.2 Å². The van der Waals surface area contributed by atoms with Crippen molar-refractivity contribution in [2.75, 3.05) is 0 Å². The van der Waals surface area contributed by atoms with Crippen molar-refractivity contribution < 1.29 is 18.4 Å². The summed E-state index contributed by atoms with van der Waals surface area (Å²) in [5.74, 6) is -0.486. The summed E-state index contributed by atoms with van der Waals surface area (Å²) in [6.07, 6.45) is -0.548. The van der Waals surface area contributed by atoms with Crippen molar-refractivity contribution >= 4 is 28.1 Å². The summed E-state index contributed by atoms with van der Waals surface area (Å²) in [5, 5.41) is 0.383. The SMILES string of the molecule is C=C(C)C(=O)OC(C)c1c2oc(=O)c3cc2oc13. The van der Waals surface area contributed by atoms with Crippen molar-refractivity contribution in [3.63, 3.8) is 0 Å². The van der Waals surface area contributed by atoms with Gasteiger partial charge in [-0.05, 0) is 13.8 Å². The molecule has 0 aliphatic heterocycles. The Kier molecular flexibility index (Phi) is 2.02. The van der Waals surface area contributed by atoms with Crippen LogP contribution in [-0.4, -0.2) is 5.97 Å². The quantitative estimate of drug-likeness (QED) is 0.524. The predicted octanol–water partition coefficient (Wildman–Crippen LogP) is 2.60. The molecule has 0 fully saturated rings. The van der Waals surface area contributed by atoms with Crippen LogP contribution in [0.3, 0.4) is 0 Å². The summed E-state index contributed by atoms with van der Waals surface area (Å²) in [5.41, 5.74) is 1.80. The van der Waals surface area contributed by atoms with Gasteiger partial charge in [0, 0.05) is 11.6 Å². The van der Waals surface area contributed by atoms with Gasteiger partial charge in [-0.25, -0.2) is 9.59 Å². The Morgan fingerprint density at radius 3 is 2.72 bits per heavy atom. The maximum atomic E-state index is 11.5. The largest absolute Gasteiger partial charge is 0.454 e. The summed E-state index contributed by atoms with van der Waals surface area (Å²) in [4.78, 5) is 22.9. The minimum Gasteiger partial charge on any atom is -0.454 e. The second-order valence-corrected chi connectivity index (χ2v) is 4.31. The zero-order chi connectivity index (χ0) is 13.0. The fraction of sp³-hybridized carbons (Fsp3) is 0.231. The molecule has 18 heavy (non-hydrogen) atoms. The van der Waals surface area contributed by atoms with E-state index in [4.69, 9.17) is 13.6 Å². The molecule has 4 aromatic rings. The number of carbonyl (C=O) groups is 1. The number of carbonyl (C=O) groups excluding carboxylic acids is 1. The zero-order valence-electron chi connectivity index (χ0n) is 9.90. The van der Waals surface area contributed by atoms with Crippen molar-refractivity contribution in [3.8, 4) is 0 Å². The Morgan fingerprint density at radius 2 is 2.11 bits per heavy atom. The summed E-state index contributed by atoms with van der Waals surface area (Å²) in [6, 6.07) is 1.63. The van der Waals surface area contributed by atoms with Crippen LogP contribution in [0.4, 0.5) is 0 Å². The topological polar surface area (TPSA) is 69.7 Å². The molecule has 0 spiro atoms. The smallest absolute Gasteiger partial charge is 0.347 e. The number of esters is 1. The monoisotopic (exact) mass is 246 g/mol. The summed E-state index contributed by atoms with van der Waals surface area (Å²) >= 11 is 0. The molecule has 5 heteroatoms. The van der Waals surface area contributed by atoms with E-state index in [2.05, 4.69) is 6.58 Å². The van der Waals surface area contributed by atoms with E-state index in [0.717, 1.165) is 0 Å². The average Bonchev–Trinajstić information content (AvgIpc) is 2.83. The van der Waals surface area contributed by atoms with Crippen LogP contribution in [0.5, 0.6) is 0 Å². The molecule has 0 saturated carbocycles. The molecule has 0 radical (unpaired) electrons. The molecule has 1 atom stereocenters. The van der Waals surface area contributed by atoms with Gasteiger partial charge in [-0.3, -0.25) is 0 Å². The van der Waals surface area contributed by atoms with Crippen molar-refractivity contribution in [2.24, 2.45) is 0 Å². The number of hydrogen-bond donors (Lipinski definition) is 0. The van der Waals surface area contributed by atoms with Gasteiger partial charge < -0.3 is 13.6 Å². The molecule has 0 aliphatic carbocycles. The fourth-order valence-corrected chi connectivity index (χ4v) is 2.03. The van der Waals surface area contributed by atoms with Gasteiger partial charge in [0.15, 0.2) is 16.7 Å². The molecule has 0 N–H and O–H groups in total. The van der Waals surface area contributed by atoms with E-state index in [1.165, 1.54) is 0 Å². The maximum Gasteiger partial charge on any atom is 0.347 e. The van der Waals surface area contributed by atoms with Crippen LogP contribution in [0.25, 0.3) is 22.1 Å². The molecule has 1 unspecified atom stereocenters. The summed E-state index contributed by atoms with van der Waals surface area (Å²) in [7, 11) is 0. The zero-order valence-corrected chi connectivity index (χ0v) is 9.90. The lowest BCUT2D eigenvalue weighted by molar-refractivity contribution is -0.143. The first-order chi connectivity index (χ1) is 8.49. The Bertz CT molecular complexity index is 787. The predicted molar refractivity (Wildman–Crippen MR) is 63.9 cm³/mol. The van der Waals surface area contributed by atoms with E-state index in [1.54, 1.807) is 19.9 Å². The van der Waals surface area contributed by atoms with E-state index in [1.807, 2.05) is 0 Å². The highest BCUT2D eigenvalue weighted by Crippen LogP contribution is 2.39. The third-order valence-electron chi connectivity index (χ3n) is 2.90. The fourth-order valence-electron chi connectivity index (χ4n) is 2.03. The third-order valence-corrected chi connectivity index (χ3v) is 2.90. The van der Waals surface area contributed by atoms with E-state index in [9.17, 15) is 9.59 Å². The molecule has 0 saturated heterocycles. The van der Waals surface area contributed by atoms with Gasteiger partial charge in [-0.2, -0.15) is 0 Å². The van der Waals surface area contributed by atoms with Crippen LogP contribution >= 0.6 is 0 Å². The number of fused-ring (bicyclic) bond motifs is 1. The van der Waals surface area contributed by atoms with Crippen molar-refractivity contribution in [1.29, 1.82) is 0 Å². The van der Waals surface area contributed by atoms with Gasteiger partial charge >= 0.3 is 11.6 Å². The lowest BCUT2D eigenvalue weighted by Gasteiger charge is -2.13. The van der Waals surface area contributed by atoms with Gasteiger partial charge in [0.25, 0.3) is 0 Å². The third kappa shape index (κ3) is 1.27. The molecule has 92 valence electrons. The highest BCUT2D eigenvalue weighted by Gasteiger charge is 2.29. The Hall–Kier alpha value is -2.30. The second kappa shape index (κ2) is 3.35. The molecule has 4 heterocycles. The van der Waals surface area contributed by atoms with Crippen molar-refractivity contribution in [2.45, 2.75) is 20.0 Å².